The molecule has 1 aliphatic carbocycles. The van der Waals surface area contributed by atoms with Gasteiger partial charge in [-0.15, -0.1) is 0 Å². The number of hydrogen-bond acceptors (Lipinski definition) is 3. The van der Waals surface area contributed by atoms with Crippen LogP contribution in [0.4, 0.5) is 0 Å². The van der Waals surface area contributed by atoms with Crippen molar-refractivity contribution in [3.63, 3.8) is 0 Å². The van der Waals surface area contributed by atoms with Crippen molar-refractivity contribution in [2.24, 2.45) is 0 Å². The molecule has 1 aliphatic rings. The first kappa shape index (κ1) is 17.7. The maximum absolute atomic E-state index is 12.5. The fourth-order valence-corrected chi connectivity index (χ4v) is 4.89. The van der Waals surface area contributed by atoms with Crippen molar-refractivity contribution < 1.29 is 13.5 Å². The molecule has 0 heterocycles. The molecule has 0 atom stereocenters. The highest BCUT2D eigenvalue weighted by Gasteiger charge is 2.36. The highest BCUT2D eigenvalue weighted by atomic mass is 35.5. The molecule has 4 nitrogen and oxygen atoms in total. The van der Waals surface area contributed by atoms with Gasteiger partial charge < -0.3 is 5.11 Å². The number of benzene rings is 2. The van der Waals surface area contributed by atoms with Crippen LogP contribution in [0.2, 0.25) is 10.0 Å². The average Bonchev–Trinajstić information content (AvgIpc) is 2.86. The fourth-order valence-electron chi connectivity index (χ4n) is 2.94. The van der Waals surface area contributed by atoms with Crippen LogP contribution in [0.5, 0.6) is 0 Å². The number of sulfonamides is 1. The van der Waals surface area contributed by atoms with Crippen LogP contribution in [-0.2, 0) is 22.9 Å². The third kappa shape index (κ3) is 3.46. The van der Waals surface area contributed by atoms with Gasteiger partial charge in [-0.05, 0) is 35.7 Å². The number of hydrogen-bond donors (Lipinski definition) is 2. The Morgan fingerprint density at radius 2 is 1.71 bits per heavy atom. The number of nitrogens with one attached hydrogen (secondary N) is 1. The highest BCUT2D eigenvalue weighted by Crippen LogP contribution is 2.31. The lowest BCUT2D eigenvalue weighted by molar-refractivity contribution is 0.0567. The van der Waals surface area contributed by atoms with E-state index >= 15 is 0 Å². The zero-order chi connectivity index (χ0) is 17.5. The Labute approximate surface area is 151 Å². The molecule has 0 unspecified atom stereocenters. The van der Waals surface area contributed by atoms with E-state index in [2.05, 4.69) is 4.72 Å². The summed E-state index contributed by atoms with van der Waals surface area (Å²) in [5.74, 6) is 0. The van der Waals surface area contributed by atoms with Gasteiger partial charge in [0.05, 0.1) is 10.6 Å². The minimum atomic E-state index is -3.84. The second-order valence-corrected chi connectivity index (χ2v) is 8.75. The lowest BCUT2D eigenvalue weighted by Crippen LogP contribution is -2.43. The van der Waals surface area contributed by atoms with Gasteiger partial charge >= 0.3 is 0 Å². The van der Waals surface area contributed by atoms with Gasteiger partial charge in [-0.2, -0.15) is 0 Å². The molecule has 24 heavy (non-hydrogen) atoms. The molecule has 2 aromatic rings. The summed E-state index contributed by atoms with van der Waals surface area (Å²) in [5, 5.41) is 11.2. The van der Waals surface area contributed by atoms with Crippen molar-refractivity contribution in [1.29, 1.82) is 0 Å². The summed E-state index contributed by atoms with van der Waals surface area (Å²) in [4.78, 5) is -0.0369. The van der Waals surface area contributed by atoms with Crippen LogP contribution in [0.25, 0.3) is 0 Å². The topological polar surface area (TPSA) is 66.4 Å². The molecule has 0 fully saturated rings. The third-order valence-corrected chi connectivity index (χ3v) is 6.52. The molecular formula is C17H17Cl2NO3S. The standard InChI is InChI=1S/C17H17Cl2NO3S/c1-11-6-16(15(19)7-14(11)18)24(22,23)20-10-17(21)8-12-4-2-3-5-13(12)9-17/h2-7,20-21H,8-10H2,1H3. The molecule has 128 valence electrons. The maximum atomic E-state index is 12.5. The number of rotatable bonds is 4. The van der Waals surface area contributed by atoms with Gasteiger partial charge in [-0.1, -0.05) is 47.5 Å². The van der Waals surface area contributed by atoms with Gasteiger partial charge in [0, 0.05) is 24.4 Å². The molecule has 0 spiro atoms. The number of aryl methyl sites for hydroxylation is 1. The number of aliphatic hydroxyl groups is 1. The van der Waals surface area contributed by atoms with Gasteiger partial charge in [0.2, 0.25) is 10.0 Å². The van der Waals surface area contributed by atoms with Crippen molar-refractivity contribution in [2.45, 2.75) is 30.3 Å². The highest BCUT2D eigenvalue weighted by molar-refractivity contribution is 7.89. The lowest BCUT2D eigenvalue weighted by atomic mass is 10.0. The Bertz CT molecular complexity index is 872. The molecule has 0 aliphatic heterocycles. The Hall–Kier alpha value is -1.11. The van der Waals surface area contributed by atoms with E-state index in [1.54, 1.807) is 6.92 Å². The first-order valence-electron chi connectivity index (χ1n) is 7.45. The zero-order valence-electron chi connectivity index (χ0n) is 13.0. The molecule has 0 aromatic heterocycles. The van der Waals surface area contributed by atoms with Crippen molar-refractivity contribution in [3.8, 4) is 0 Å². The molecule has 0 amide bonds. The summed E-state index contributed by atoms with van der Waals surface area (Å²) < 4.78 is 27.6. The van der Waals surface area contributed by atoms with Gasteiger partial charge in [0.15, 0.2) is 0 Å². The van der Waals surface area contributed by atoms with Crippen LogP contribution in [0.15, 0.2) is 41.3 Å². The van der Waals surface area contributed by atoms with Crippen molar-refractivity contribution >= 4 is 33.2 Å². The summed E-state index contributed by atoms with van der Waals surface area (Å²) in [5.41, 5.74) is 1.57. The van der Waals surface area contributed by atoms with E-state index in [0.29, 0.717) is 23.4 Å². The summed E-state index contributed by atoms with van der Waals surface area (Å²) in [7, 11) is -3.84. The lowest BCUT2D eigenvalue weighted by Gasteiger charge is -2.23. The van der Waals surface area contributed by atoms with E-state index in [1.165, 1.54) is 12.1 Å². The van der Waals surface area contributed by atoms with Crippen LogP contribution in [-0.4, -0.2) is 25.7 Å². The third-order valence-electron chi connectivity index (χ3n) is 4.25. The zero-order valence-corrected chi connectivity index (χ0v) is 15.3. The van der Waals surface area contributed by atoms with Gasteiger partial charge in [-0.3, -0.25) is 0 Å². The molecular weight excluding hydrogens is 369 g/mol. The summed E-state index contributed by atoms with van der Waals surface area (Å²) in [6.45, 7) is 1.63. The van der Waals surface area contributed by atoms with E-state index < -0.39 is 15.6 Å². The maximum Gasteiger partial charge on any atom is 0.242 e. The average molecular weight is 386 g/mol. The van der Waals surface area contributed by atoms with Crippen LogP contribution in [0.1, 0.15) is 16.7 Å². The predicted molar refractivity (Wildman–Crippen MR) is 95.2 cm³/mol. The molecule has 0 saturated carbocycles. The van der Waals surface area contributed by atoms with Crippen LogP contribution in [0.3, 0.4) is 0 Å². The van der Waals surface area contributed by atoms with Gasteiger partial charge in [-0.25, -0.2) is 13.1 Å². The summed E-state index contributed by atoms with van der Waals surface area (Å²) in [6, 6.07) is 10.5. The van der Waals surface area contributed by atoms with Crippen LogP contribution < -0.4 is 4.72 Å². The first-order valence-corrected chi connectivity index (χ1v) is 9.69. The molecule has 0 bridgehead atoms. The largest absolute Gasteiger partial charge is 0.388 e. The van der Waals surface area contributed by atoms with Crippen molar-refractivity contribution in [2.75, 3.05) is 6.54 Å². The minimum absolute atomic E-state index is 0.0369. The fraction of sp³-hybridized carbons (Fsp3) is 0.294. The van der Waals surface area contributed by atoms with Crippen LogP contribution >= 0.6 is 23.2 Å². The predicted octanol–water partition coefficient (Wildman–Crippen LogP) is 3.11. The molecule has 7 heteroatoms. The number of fused-ring (bicyclic) bond motifs is 1. The summed E-state index contributed by atoms with van der Waals surface area (Å²) >= 11 is 12.0. The molecule has 3 rings (SSSR count). The van der Waals surface area contributed by atoms with Crippen molar-refractivity contribution in [1.82, 2.24) is 4.72 Å². The van der Waals surface area contributed by atoms with Crippen LogP contribution in [0, 0.1) is 6.92 Å². The molecule has 0 radical (unpaired) electrons. The Kier molecular flexibility index (Phi) is 4.66. The van der Waals surface area contributed by atoms with Gasteiger partial charge in [0.25, 0.3) is 0 Å². The molecule has 2 aromatic carbocycles. The number of halogens is 2. The van der Waals surface area contributed by atoms with E-state index in [-0.39, 0.29) is 16.5 Å². The molecule has 2 N–H and O–H groups in total. The molecule has 0 saturated heterocycles. The van der Waals surface area contributed by atoms with Gasteiger partial charge in [0.1, 0.15) is 4.90 Å². The first-order chi connectivity index (χ1) is 11.2. The smallest absolute Gasteiger partial charge is 0.242 e. The van der Waals surface area contributed by atoms with E-state index in [0.717, 1.165) is 11.1 Å². The van der Waals surface area contributed by atoms with Crippen molar-refractivity contribution in [3.05, 3.63) is 63.1 Å². The SMILES string of the molecule is Cc1cc(S(=O)(=O)NCC2(O)Cc3ccccc3C2)c(Cl)cc1Cl. The Balaban J connectivity index is 1.78. The Morgan fingerprint density at radius 1 is 1.12 bits per heavy atom. The van der Waals surface area contributed by atoms with E-state index in [1.807, 2.05) is 24.3 Å². The monoisotopic (exact) mass is 385 g/mol. The minimum Gasteiger partial charge on any atom is -0.388 e. The Morgan fingerprint density at radius 3 is 2.29 bits per heavy atom. The normalized spacial score (nSPS) is 16.2. The summed E-state index contributed by atoms with van der Waals surface area (Å²) in [6.07, 6.45) is 0.831. The van der Waals surface area contributed by atoms with E-state index in [4.69, 9.17) is 23.2 Å². The van der Waals surface area contributed by atoms with E-state index in [9.17, 15) is 13.5 Å². The quantitative estimate of drug-likeness (QED) is 0.849. The second-order valence-electron chi connectivity index (χ2n) is 6.20. The second kappa shape index (κ2) is 6.32.